The molecule has 1 saturated heterocycles. The largest absolute Gasteiger partial charge is 0.490 e. The molecule has 29 heavy (non-hydrogen) atoms. The third kappa shape index (κ3) is 3.43. The van der Waals surface area contributed by atoms with Crippen LogP contribution in [0.3, 0.4) is 0 Å². The number of hydrogen-bond donors (Lipinski definition) is 0. The van der Waals surface area contributed by atoms with E-state index < -0.39 is 5.60 Å². The summed E-state index contributed by atoms with van der Waals surface area (Å²) in [5.74, 6) is 0.771. The second-order valence-electron chi connectivity index (χ2n) is 7.29. The fourth-order valence-electron chi connectivity index (χ4n) is 4.21. The molecule has 2 aromatic carbocycles. The molecule has 1 fully saturated rings. The van der Waals surface area contributed by atoms with Crippen molar-refractivity contribution >= 4 is 11.9 Å². The average molecular weight is 395 g/mol. The zero-order valence-electron chi connectivity index (χ0n) is 16.8. The number of piperidine rings is 1. The Balaban J connectivity index is 1.60. The lowest BCUT2D eigenvalue weighted by Crippen LogP contribution is -2.48. The number of carbonyl (C=O) groups excluding carboxylic acids is 2. The van der Waals surface area contributed by atoms with Crippen molar-refractivity contribution in [3.05, 3.63) is 59.2 Å². The van der Waals surface area contributed by atoms with Crippen molar-refractivity contribution in [2.75, 3.05) is 26.3 Å². The van der Waals surface area contributed by atoms with Crippen LogP contribution in [0.4, 0.5) is 0 Å². The Bertz CT molecular complexity index is 941. The molecule has 1 spiro atoms. The molecule has 1 amide bonds. The zero-order valence-corrected chi connectivity index (χ0v) is 16.8. The van der Waals surface area contributed by atoms with Crippen LogP contribution in [-0.2, 0) is 10.3 Å². The third-order valence-electron chi connectivity index (χ3n) is 5.46. The van der Waals surface area contributed by atoms with E-state index in [9.17, 15) is 9.59 Å². The number of hydrogen-bond acceptors (Lipinski definition) is 5. The smallest absolute Gasteiger partial charge is 0.339 e. The van der Waals surface area contributed by atoms with E-state index in [0.29, 0.717) is 55.4 Å². The Morgan fingerprint density at radius 1 is 1.10 bits per heavy atom. The summed E-state index contributed by atoms with van der Waals surface area (Å²) >= 11 is 0. The molecule has 0 aliphatic carbocycles. The van der Waals surface area contributed by atoms with Gasteiger partial charge >= 0.3 is 5.97 Å². The second kappa shape index (κ2) is 7.78. The number of benzene rings is 2. The van der Waals surface area contributed by atoms with E-state index in [-0.39, 0.29) is 11.9 Å². The molecule has 2 aliphatic heterocycles. The van der Waals surface area contributed by atoms with Gasteiger partial charge in [-0.05, 0) is 51.0 Å². The van der Waals surface area contributed by atoms with Gasteiger partial charge in [0.2, 0.25) is 0 Å². The quantitative estimate of drug-likeness (QED) is 0.721. The van der Waals surface area contributed by atoms with Gasteiger partial charge < -0.3 is 19.1 Å². The Hall–Kier alpha value is -3.02. The van der Waals surface area contributed by atoms with Gasteiger partial charge in [-0.1, -0.05) is 18.2 Å². The zero-order chi connectivity index (χ0) is 20.4. The minimum atomic E-state index is -0.754. The molecule has 152 valence electrons. The van der Waals surface area contributed by atoms with Crippen LogP contribution >= 0.6 is 0 Å². The fraction of sp³-hybridized carbons (Fsp3) is 0.391. The van der Waals surface area contributed by atoms with Crippen LogP contribution in [0.1, 0.15) is 53.0 Å². The van der Waals surface area contributed by atoms with Crippen molar-refractivity contribution in [1.82, 2.24) is 4.90 Å². The number of amides is 1. The van der Waals surface area contributed by atoms with Crippen LogP contribution in [-0.4, -0.2) is 43.1 Å². The van der Waals surface area contributed by atoms with Gasteiger partial charge in [-0.15, -0.1) is 0 Å². The Kier molecular flexibility index (Phi) is 5.18. The summed E-state index contributed by atoms with van der Waals surface area (Å²) in [7, 11) is 0. The molecule has 2 heterocycles. The van der Waals surface area contributed by atoms with Crippen molar-refractivity contribution in [2.24, 2.45) is 0 Å². The molecular weight excluding hydrogens is 370 g/mol. The Labute approximate surface area is 170 Å². The molecule has 4 rings (SSSR count). The highest BCUT2D eigenvalue weighted by molar-refractivity contribution is 5.96. The standard InChI is InChI=1S/C23H25NO5/c1-3-27-19-11-10-16(14-20(19)28-4-2)21(25)24-13-7-12-23(15-24)18-9-6-5-8-17(18)22(26)29-23/h5-6,8-11,14H,3-4,7,12-13,15H2,1-2H3. The average Bonchev–Trinajstić information content (AvgIpc) is 3.00. The lowest BCUT2D eigenvalue weighted by Gasteiger charge is -2.39. The number of likely N-dealkylation sites (tertiary alicyclic amines) is 1. The highest BCUT2D eigenvalue weighted by Crippen LogP contribution is 2.43. The summed E-state index contributed by atoms with van der Waals surface area (Å²) < 4.78 is 17.1. The number of esters is 1. The molecule has 0 N–H and O–H groups in total. The highest BCUT2D eigenvalue weighted by Gasteiger charge is 2.48. The molecule has 2 aliphatic rings. The first kappa shape index (κ1) is 19.3. The lowest BCUT2D eigenvalue weighted by atomic mass is 9.85. The first-order valence-electron chi connectivity index (χ1n) is 10.1. The molecule has 1 atom stereocenters. The summed E-state index contributed by atoms with van der Waals surface area (Å²) in [6, 6.07) is 12.7. The van der Waals surface area contributed by atoms with Gasteiger partial charge in [0.1, 0.15) is 0 Å². The number of fused-ring (bicyclic) bond motifs is 2. The first-order valence-corrected chi connectivity index (χ1v) is 10.1. The van der Waals surface area contributed by atoms with Gasteiger partial charge in [-0.3, -0.25) is 4.79 Å². The molecular formula is C23H25NO5. The van der Waals surface area contributed by atoms with Gasteiger partial charge in [-0.25, -0.2) is 4.79 Å². The summed E-state index contributed by atoms with van der Waals surface area (Å²) in [5, 5.41) is 0. The van der Waals surface area contributed by atoms with Gasteiger partial charge in [0.15, 0.2) is 17.1 Å². The van der Waals surface area contributed by atoms with E-state index in [2.05, 4.69) is 0 Å². The molecule has 0 bridgehead atoms. The minimum absolute atomic E-state index is 0.103. The Morgan fingerprint density at radius 3 is 2.66 bits per heavy atom. The van der Waals surface area contributed by atoms with E-state index >= 15 is 0 Å². The summed E-state index contributed by atoms with van der Waals surface area (Å²) in [6.07, 6.45) is 1.48. The maximum Gasteiger partial charge on any atom is 0.339 e. The van der Waals surface area contributed by atoms with Crippen molar-refractivity contribution in [1.29, 1.82) is 0 Å². The molecule has 0 aromatic heterocycles. The van der Waals surface area contributed by atoms with Crippen molar-refractivity contribution in [3.63, 3.8) is 0 Å². The topological polar surface area (TPSA) is 65.1 Å². The number of nitrogens with zero attached hydrogens (tertiary/aromatic N) is 1. The van der Waals surface area contributed by atoms with Crippen molar-refractivity contribution in [2.45, 2.75) is 32.3 Å². The SMILES string of the molecule is CCOc1ccc(C(=O)N2CCCC3(C2)OC(=O)c2ccccc23)cc1OCC. The number of ether oxygens (including phenoxy) is 3. The van der Waals surface area contributed by atoms with Gasteiger partial charge in [0.25, 0.3) is 5.91 Å². The van der Waals surface area contributed by atoms with Crippen molar-refractivity contribution in [3.8, 4) is 11.5 Å². The van der Waals surface area contributed by atoms with Gasteiger partial charge in [-0.2, -0.15) is 0 Å². The normalized spacial score (nSPS) is 20.3. The summed E-state index contributed by atoms with van der Waals surface area (Å²) in [5.41, 5.74) is 1.26. The van der Waals surface area contributed by atoms with Crippen LogP contribution < -0.4 is 9.47 Å². The van der Waals surface area contributed by atoms with Gasteiger partial charge in [0, 0.05) is 17.7 Å². The van der Waals surface area contributed by atoms with Gasteiger partial charge in [0.05, 0.1) is 25.3 Å². The maximum absolute atomic E-state index is 13.2. The molecule has 1 unspecified atom stereocenters. The fourth-order valence-corrected chi connectivity index (χ4v) is 4.21. The maximum atomic E-state index is 13.2. The van der Waals surface area contributed by atoms with E-state index in [1.807, 2.05) is 32.0 Å². The van der Waals surface area contributed by atoms with E-state index in [1.54, 1.807) is 29.2 Å². The Morgan fingerprint density at radius 2 is 1.86 bits per heavy atom. The summed E-state index contributed by atoms with van der Waals surface area (Å²) in [4.78, 5) is 27.4. The lowest BCUT2D eigenvalue weighted by molar-refractivity contribution is -0.0442. The van der Waals surface area contributed by atoms with Crippen LogP contribution in [0.2, 0.25) is 0 Å². The third-order valence-corrected chi connectivity index (χ3v) is 5.46. The van der Waals surface area contributed by atoms with E-state index in [1.165, 1.54) is 0 Å². The van der Waals surface area contributed by atoms with Crippen LogP contribution in [0.15, 0.2) is 42.5 Å². The predicted molar refractivity (Wildman–Crippen MR) is 107 cm³/mol. The van der Waals surface area contributed by atoms with E-state index in [4.69, 9.17) is 14.2 Å². The molecule has 0 saturated carbocycles. The molecule has 6 nitrogen and oxygen atoms in total. The molecule has 2 aromatic rings. The minimum Gasteiger partial charge on any atom is -0.490 e. The van der Waals surface area contributed by atoms with Crippen LogP contribution in [0.25, 0.3) is 0 Å². The highest BCUT2D eigenvalue weighted by atomic mass is 16.6. The summed E-state index contributed by atoms with van der Waals surface area (Å²) in [6.45, 7) is 5.78. The van der Waals surface area contributed by atoms with Crippen molar-refractivity contribution < 1.29 is 23.8 Å². The second-order valence-corrected chi connectivity index (χ2v) is 7.29. The van der Waals surface area contributed by atoms with E-state index in [0.717, 1.165) is 12.0 Å². The number of rotatable bonds is 5. The molecule has 6 heteroatoms. The monoisotopic (exact) mass is 395 g/mol. The van der Waals surface area contributed by atoms with Crippen LogP contribution in [0, 0.1) is 0 Å². The van der Waals surface area contributed by atoms with Crippen LogP contribution in [0.5, 0.6) is 11.5 Å². The predicted octanol–water partition coefficient (Wildman–Crippen LogP) is 3.79. The number of carbonyl (C=O) groups is 2. The molecule has 0 radical (unpaired) electrons. The first-order chi connectivity index (χ1) is 14.1.